The molecule has 1 atom stereocenters. The maximum Gasteiger partial charge on any atom is 0.390 e. The highest BCUT2D eigenvalue weighted by atomic mass is 16.6. The second-order valence-corrected chi connectivity index (χ2v) is 6.64. The zero-order chi connectivity index (χ0) is 19.6. The zero-order valence-electron chi connectivity index (χ0n) is 16.2. The molecule has 2 rings (SSSR count). The van der Waals surface area contributed by atoms with Gasteiger partial charge >= 0.3 is 5.82 Å². The SMILES string of the molecule is CCn1nc(C)c(CN(C)C(=O)[C@H](C)Cn2nc([N+](=O)[O-])cc2C)c1C. The van der Waals surface area contributed by atoms with Gasteiger partial charge in [-0.05, 0) is 32.6 Å². The Morgan fingerprint density at radius 3 is 2.46 bits per heavy atom. The monoisotopic (exact) mass is 362 g/mol. The largest absolute Gasteiger partial charge is 0.390 e. The van der Waals surface area contributed by atoms with Crippen LogP contribution in [0.3, 0.4) is 0 Å². The van der Waals surface area contributed by atoms with Crippen molar-refractivity contribution in [2.45, 2.75) is 54.3 Å². The summed E-state index contributed by atoms with van der Waals surface area (Å²) >= 11 is 0. The molecule has 0 aromatic carbocycles. The highest BCUT2D eigenvalue weighted by Gasteiger charge is 2.24. The highest BCUT2D eigenvalue weighted by Crippen LogP contribution is 2.18. The van der Waals surface area contributed by atoms with Crippen molar-refractivity contribution in [2.75, 3.05) is 7.05 Å². The van der Waals surface area contributed by atoms with Gasteiger partial charge in [-0.3, -0.25) is 9.48 Å². The molecule has 0 aliphatic rings. The molecule has 26 heavy (non-hydrogen) atoms. The zero-order valence-corrected chi connectivity index (χ0v) is 16.2. The molecule has 0 fully saturated rings. The predicted molar refractivity (Wildman–Crippen MR) is 96.6 cm³/mol. The first kappa shape index (κ1) is 19.6. The molecule has 9 nitrogen and oxygen atoms in total. The average Bonchev–Trinajstić information content (AvgIpc) is 3.08. The second-order valence-electron chi connectivity index (χ2n) is 6.64. The Bertz CT molecular complexity index is 823. The molecule has 0 bridgehead atoms. The van der Waals surface area contributed by atoms with E-state index in [-0.39, 0.29) is 17.6 Å². The Hall–Kier alpha value is -2.71. The van der Waals surface area contributed by atoms with E-state index in [1.165, 1.54) is 10.7 Å². The molecule has 0 unspecified atom stereocenters. The molecule has 0 aliphatic carbocycles. The summed E-state index contributed by atoms with van der Waals surface area (Å²) in [6.07, 6.45) is 0. The molecule has 0 aliphatic heterocycles. The smallest absolute Gasteiger partial charge is 0.358 e. The van der Waals surface area contributed by atoms with Crippen molar-refractivity contribution >= 4 is 11.7 Å². The second kappa shape index (κ2) is 7.67. The van der Waals surface area contributed by atoms with E-state index in [1.54, 1.807) is 25.8 Å². The minimum absolute atomic E-state index is 0.0365. The van der Waals surface area contributed by atoms with E-state index < -0.39 is 4.92 Å². The lowest BCUT2D eigenvalue weighted by atomic mass is 10.1. The first-order chi connectivity index (χ1) is 12.1. The van der Waals surface area contributed by atoms with Crippen LogP contribution >= 0.6 is 0 Å². The van der Waals surface area contributed by atoms with Gasteiger partial charge in [0.1, 0.15) is 0 Å². The molecule has 2 heterocycles. The minimum atomic E-state index is -0.529. The third kappa shape index (κ3) is 3.92. The lowest BCUT2D eigenvalue weighted by Crippen LogP contribution is -2.33. The summed E-state index contributed by atoms with van der Waals surface area (Å²) in [6.45, 7) is 11.1. The van der Waals surface area contributed by atoms with Gasteiger partial charge in [0, 0.05) is 31.4 Å². The van der Waals surface area contributed by atoms with Crippen LogP contribution in [0.2, 0.25) is 0 Å². The van der Waals surface area contributed by atoms with E-state index in [0.29, 0.717) is 18.8 Å². The minimum Gasteiger partial charge on any atom is -0.358 e. The molecule has 1 amide bonds. The van der Waals surface area contributed by atoms with Crippen LogP contribution in [0, 0.1) is 36.8 Å². The van der Waals surface area contributed by atoms with Crippen molar-refractivity contribution in [3.8, 4) is 0 Å². The van der Waals surface area contributed by atoms with Crippen LogP contribution in [0.15, 0.2) is 6.07 Å². The maximum atomic E-state index is 12.7. The third-order valence-corrected chi connectivity index (χ3v) is 4.63. The summed E-state index contributed by atoms with van der Waals surface area (Å²) in [6, 6.07) is 1.41. The fraction of sp³-hybridized carbons (Fsp3) is 0.588. The van der Waals surface area contributed by atoms with Gasteiger partial charge in [-0.15, -0.1) is 0 Å². The van der Waals surface area contributed by atoms with Crippen molar-refractivity contribution < 1.29 is 9.72 Å². The fourth-order valence-corrected chi connectivity index (χ4v) is 3.07. The van der Waals surface area contributed by atoms with Crippen LogP contribution in [0.5, 0.6) is 0 Å². The lowest BCUT2D eigenvalue weighted by molar-refractivity contribution is -0.389. The molecule has 0 saturated heterocycles. The van der Waals surface area contributed by atoms with Gasteiger partial charge in [-0.25, -0.2) is 0 Å². The molecule has 142 valence electrons. The number of aromatic nitrogens is 4. The lowest BCUT2D eigenvalue weighted by Gasteiger charge is -2.21. The Labute approximate surface area is 152 Å². The summed E-state index contributed by atoms with van der Waals surface area (Å²) in [7, 11) is 1.76. The maximum absolute atomic E-state index is 12.7. The quantitative estimate of drug-likeness (QED) is 0.555. The van der Waals surface area contributed by atoms with Crippen molar-refractivity contribution in [3.05, 3.63) is 38.8 Å². The number of hydrogen-bond acceptors (Lipinski definition) is 5. The standard InChI is InChI=1S/C17H26N6O3/c1-7-21-14(5)15(13(4)18-21)10-20(6)17(24)11(2)9-22-12(3)8-16(19-22)23(25)26/h8,11H,7,9-10H2,1-6H3/t11-/m1/s1. The van der Waals surface area contributed by atoms with E-state index in [0.717, 1.165) is 23.5 Å². The van der Waals surface area contributed by atoms with E-state index >= 15 is 0 Å². The van der Waals surface area contributed by atoms with Crippen molar-refractivity contribution in [1.29, 1.82) is 0 Å². The van der Waals surface area contributed by atoms with Gasteiger partial charge in [-0.2, -0.15) is 9.78 Å². The molecule has 0 saturated carbocycles. The number of amides is 1. The average molecular weight is 362 g/mol. The first-order valence-electron chi connectivity index (χ1n) is 8.62. The van der Waals surface area contributed by atoms with Crippen LogP contribution in [0.4, 0.5) is 5.82 Å². The van der Waals surface area contributed by atoms with Crippen LogP contribution in [0.25, 0.3) is 0 Å². The van der Waals surface area contributed by atoms with E-state index in [9.17, 15) is 14.9 Å². The fourth-order valence-electron chi connectivity index (χ4n) is 3.07. The molecule has 0 radical (unpaired) electrons. The molecule has 0 spiro atoms. The highest BCUT2D eigenvalue weighted by molar-refractivity contribution is 5.78. The molecule has 9 heteroatoms. The van der Waals surface area contributed by atoms with Crippen LogP contribution in [-0.2, 0) is 24.4 Å². The molecule has 2 aromatic heterocycles. The van der Waals surface area contributed by atoms with Gasteiger partial charge in [0.25, 0.3) is 0 Å². The topological polar surface area (TPSA) is 99.1 Å². The van der Waals surface area contributed by atoms with Crippen molar-refractivity contribution in [3.63, 3.8) is 0 Å². The van der Waals surface area contributed by atoms with Crippen LogP contribution < -0.4 is 0 Å². The molecular weight excluding hydrogens is 336 g/mol. The number of carbonyl (C=O) groups excluding carboxylic acids is 1. The van der Waals surface area contributed by atoms with E-state index in [4.69, 9.17) is 0 Å². The summed E-state index contributed by atoms with van der Waals surface area (Å²) in [5.74, 6) is -0.584. The van der Waals surface area contributed by atoms with Gasteiger partial charge in [-0.1, -0.05) is 6.92 Å². The number of rotatable bonds is 7. The van der Waals surface area contributed by atoms with Crippen molar-refractivity contribution in [2.24, 2.45) is 5.92 Å². The first-order valence-corrected chi connectivity index (χ1v) is 8.62. The molecule has 2 aromatic rings. The summed E-state index contributed by atoms with van der Waals surface area (Å²) in [5.41, 5.74) is 3.71. The Balaban J connectivity index is 2.08. The van der Waals surface area contributed by atoms with E-state index in [2.05, 4.69) is 10.2 Å². The summed E-state index contributed by atoms with van der Waals surface area (Å²) < 4.78 is 3.44. The summed E-state index contributed by atoms with van der Waals surface area (Å²) in [5, 5.41) is 19.3. The van der Waals surface area contributed by atoms with Gasteiger partial charge < -0.3 is 15.0 Å². The van der Waals surface area contributed by atoms with Gasteiger partial charge in [0.05, 0.1) is 35.0 Å². The number of carbonyl (C=O) groups is 1. The summed E-state index contributed by atoms with van der Waals surface area (Å²) in [4.78, 5) is 24.7. The Morgan fingerprint density at radius 2 is 1.96 bits per heavy atom. The van der Waals surface area contributed by atoms with Gasteiger partial charge in [0.2, 0.25) is 5.91 Å². The van der Waals surface area contributed by atoms with Crippen LogP contribution in [0.1, 0.15) is 36.5 Å². The van der Waals surface area contributed by atoms with Crippen molar-refractivity contribution in [1.82, 2.24) is 24.5 Å². The van der Waals surface area contributed by atoms with Crippen LogP contribution in [-0.4, -0.2) is 42.3 Å². The Kier molecular flexibility index (Phi) is 5.79. The number of hydrogen-bond donors (Lipinski definition) is 0. The molecular formula is C17H26N6O3. The predicted octanol–water partition coefficient (Wildman–Crippen LogP) is 2.23. The van der Waals surface area contributed by atoms with Gasteiger partial charge in [0.15, 0.2) is 0 Å². The Morgan fingerprint density at radius 1 is 1.31 bits per heavy atom. The number of aryl methyl sites for hydroxylation is 3. The van der Waals surface area contributed by atoms with E-state index in [1.807, 2.05) is 25.5 Å². The molecule has 0 N–H and O–H groups in total. The number of nitro groups is 1. The number of nitrogens with zero attached hydrogens (tertiary/aromatic N) is 6. The normalized spacial score (nSPS) is 12.2. The third-order valence-electron chi connectivity index (χ3n) is 4.63.